The number of hydrogen-bond donors (Lipinski definition) is 0. The number of ether oxygens (including phenoxy) is 1. The number of benzene rings is 2. The Kier molecular flexibility index (Phi) is 4.11. The minimum absolute atomic E-state index is 0.791. The van der Waals surface area contributed by atoms with Gasteiger partial charge in [0.25, 0.3) is 0 Å². The van der Waals surface area contributed by atoms with Crippen molar-refractivity contribution in [1.29, 1.82) is 0 Å². The van der Waals surface area contributed by atoms with E-state index >= 15 is 0 Å². The van der Waals surface area contributed by atoms with Gasteiger partial charge in [0.15, 0.2) is 5.58 Å². The van der Waals surface area contributed by atoms with Crippen molar-refractivity contribution >= 4 is 16.8 Å². The maximum absolute atomic E-state index is 6.23. The third kappa shape index (κ3) is 3.09. The van der Waals surface area contributed by atoms with Crippen molar-refractivity contribution in [3.63, 3.8) is 0 Å². The minimum Gasteiger partial charge on any atom is -0.454 e. The Morgan fingerprint density at radius 3 is 2.37 bits per heavy atom. The average molecular weight is 356 g/mol. The maximum atomic E-state index is 6.23. The molecule has 0 aliphatic carbocycles. The molecule has 5 rings (SSSR count). The molecule has 0 unspecified atom stereocenters. The molecule has 4 aromatic rings. The molecular weight excluding hydrogens is 336 g/mol. The van der Waals surface area contributed by atoms with Crippen LogP contribution in [0.25, 0.3) is 33.6 Å². The summed E-state index contributed by atoms with van der Waals surface area (Å²) in [6.45, 7) is 3.46. The monoisotopic (exact) mass is 356 g/mol. The third-order valence-corrected chi connectivity index (χ3v) is 5.02. The average Bonchev–Trinajstić information content (AvgIpc) is 3.19. The second-order valence-corrected chi connectivity index (χ2v) is 6.70. The summed E-state index contributed by atoms with van der Waals surface area (Å²) in [4.78, 5) is 6.84. The van der Waals surface area contributed by atoms with Gasteiger partial charge in [-0.05, 0) is 35.9 Å². The predicted octanol–water partition coefficient (Wildman–Crippen LogP) is 5.00. The van der Waals surface area contributed by atoms with Crippen molar-refractivity contribution in [2.45, 2.75) is 0 Å². The number of hydrogen-bond acceptors (Lipinski definition) is 4. The lowest BCUT2D eigenvalue weighted by atomic mass is 10.1. The number of furan rings is 1. The van der Waals surface area contributed by atoms with Crippen molar-refractivity contribution in [2.24, 2.45) is 0 Å². The highest BCUT2D eigenvalue weighted by molar-refractivity contribution is 5.92. The van der Waals surface area contributed by atoms with E-state index in [-0.39, 0.29) is 0 Å². The molecule has 1 saturated heterocycles. The summed E-state index contributed by atoms with van der Waals surface area (Å²) < 4.78 is 11.7. The van der Waals surface area contributed by atoms with Crippen LogP contribution in [0.3, 0.4) is 0 Å². The molecule has 2 aromatic heterocycles. The van der Waals surface area contributed by atoms with Gasteiger partial charge in [0.05, 0.1) is 13.2 Å². The zero-order chi connectivity index (χ0) is 18.1. The number of nitrogens with zero attached hydrogens (tertiary/aromatic N) is 2. The van der Waals surface area contributed by atoms with Crippen molar-refractivity contribution in [3.8, 4) is 22.5 Å². The molecule has 1 fully saturated rings. The summed E-state index contributed by atoms with van der Waals surface area (Å²) in [5.74, 6) is 0.842. The number of pyridine rings is 1. The highest BCUT2D eigenvalue weighted by Gasteiger charge is 2.14. The molecule has 0 radical (unpaired) electrons. The summed E-state index contributed by atoms with van der Waals surface area (Å²) in [7, 11) is 0. The summed E-state index contributed by atoms with van der Waals surface area (Å²) >= 11 is 0. The highest BCUT2D eigenvalue weighted by atomic mass is 16.5. The SMILES string of the molecule is c1ccc(-c2ccnc3cc(-c4ccc(N5CCOCC5)cc4)oc23)cc1. The zero-order valence-electron chi connectivity index (χ0n) is 15.0. The lowest BCUT2D eigenvalue weighted by Gasteiger charge is -2.28. The summed E-state index contributed by atoms with van der Waals surface area (Å²) in [5, 5.41) is 0. The van der Waals surface area contributed by atoms with Gasteiger partial charge in [-0.15, -0.1) is 0 Å². The lowest BCUT2D eigenvalue weighted by molar-refractivity contribution is 0.122. The Hall–Kier alpha value is -3.11. The zero-order valence-corrected chi connectivity index (χ0v) is 15.0. The molecule has 1 aliphatic heterocycles. The quantitative estimate of drug-likeness (QED) is 0.518. The van der Waals surface area contributed by atoms with Crippen LogP contribution in [0.15, 0.2) is 77.3 Å². The fourth-order valence-corrected chi connectivity index (χ4v) is 3.58. The van der Waals surface area contributed by atoms with Crippen LogP contribution in [-0.2, 0) is 4.74 Å². The van der Waals surface area contributed by atoms with E-state index in [0.29, 0.717) is 0 Å². The number of morpholine rings is 1. The molecule has 4 heteroatoms. The highest BCUT2D eigenvalue weighted by Crippen LogP contribution is 2.34. The summed E-state index contributed by atoms with van der Waals surface area (Å²) in [6.07, 6.45) is 1.84. The molecule has 27 heavy (non-hydrogen) atoms. The van der Waals surface area contributed by atoms with Gasteiger partial charge >= 0.3 is 0 Å². The number of rotatable bonds is 3. The third-order valence-electron chi connectivity index (χ3n) is 5.02. The summed E-state index contributed by atoms with van der Waals surface area (Å²) in [6, 6.07) is 22.8. The van der Waals surface area contributed by atoms with Crippen LogP contribution in [0.2, 0.25) is 0 Å². The van der Waals surface area contributed by atoms with Gasteiger partial charge in [-0.1, -0.05) is 30.3 Å². The first-order valence-electron chi connectivity index (χ1n) is 9.25. The van der Waals surface area contributed by atoms with E-state index in [1.165, 1.54) is 5.69 Å². The number of anilines is 1. The van der Waals surface area contributed by atoms with Gasteiger partial charge in [0.1, 0.15) is 11.3 Å². The van der Waals surface area contributed by atoms with E-state index in [0.717, 1.165) is 59.9 Å². The lowest BCUT2D eigenvalue weighted by Crippen LogP contribution is -2.36. The largest absolute Gasteiger partial charge is 0.454 e. The molecular formula is C23H20N2O2. The minimum atomic E-state index is 0.791. The van der Waals surface area contributed by atoms with Crippen LogP contribution in [0.1, 0.15) is 0 Å². The Labute approximate surface area is 158 Å². The van der Waals surface area contributed by atoms with Crippen molar-refractivity contribution in [3.05, 3.63) is 72.9 Å². The molecule has 0 atom stereocenters. The van der Waals surface area contributed by atoms with Gasteiger partial charge in [-0.25, -0.2) is 0 Å². The number of aromatic nitrogens is 1. The maximum Gasteiger partial charge on any atom is 0.161 e. The van der Waals surface area contributed by atoms with Crippen molar-refractivity contribution < 1.29 is 9.15 Å². The molecule has 2 aromatic carbocycles. The van der Waals surface area contributed by atoms with Crippen molar-refractivity contribution in [2.75, 3.05) is 31.2 Å². The molecule has 0 bridgehead atoms. The van der Waals surface area contributed by atoms with E-state index in [2.05, 4.69) is 46.3 Å². The molecule has 0 saturated carbocycles. The van der Waals surface area contributed by atoms with Gasteiger partial charge < -0.3 is 14.1 Å². The Morgan fingerprint density at radius 2 is 1.59 bits per heavy atom. The molecule has 4 nitrogen and oxygen atoms in total. The number of fused-ring (bicyclic) bond motifs is 1. The molecule has 0 spiro atoms. The van der Waals surface area contributed by atoms with E-state index in [1.807, 2.05) is 36.5 Å². The smallest absolute Gasteiger partial charge is 0.161 e. The van der Waals surface area contributed by atoms with E-state index in [4.69, 9.17) is 9.15 Å². The van der Waals surface area contributed by atoms with Gasteiger partial charge in [-0.3, -0.25) is 4.98 Å². The molecule has 1 aliphatic rings. The van der Waals surface area contributed by atoms with Crippen molar-refractivity contribution in [1.82, 2.24) is 4.98 Å². The van der Waals surface area contributed by atoms with E-state index in [9.17, 15) is 0 Å². The van der Waals surface area contributed by atoms with Gasteiger partial charge in [0, 0.05) is 42.2 Å². The van der Waals surface area contributed by atoms with Crippen LogP contribution < -0.4 is 4.90 Å². The Balaban J connectivity index is 1.50. The topological polar surface area (TPSA) is 38.5 Å². The van der Waals surface area contributed by atoms with Crippen LogP contribution in [0, 0.1) is 0 Å². The molecule has 0 N–H and O–H groups in total. The first-order valence-corrected chi connectivity index (χ1v) is 9.25. The Bertz CT molecular complexity index is 1050. The summed E-state index contributed by atoms with van der Waals surface area (Å²) in [5.41, 5.74) is 6.19. The second kappa shape index (κ2) is 6.89. The van der Waals surface area contributed by atoms with Crippen LogP contribution in [0.4, 0.5) is 5.69 Å². The van der Waals surface area contributed by atoms with Crippen LogP contribution in [0.5, 0.6) is 0 Å². The molecule has 0 amide bonds. The van der Waals surface area contributed by atoms with E-state index in [1.54, 1.807) is 0 Å². The fraction of sp³-hybridized carbons (Fsp3) is 0.174. The molecule has 3 heterocycles. The van der Waals surface area contributed by atoms with Gasteiger partial charge in [-0.2, -0.15) is 0 Å². The fourth-order valence-electron chi connectivity index (χ4n) is 3.58. The predicted molar refractivity (Wildman–Crippen MR) is 108 cm³/mol. The first-order chi connectivity index (χ1) is 13.4. The molecule has 134 valence electrons. The second-order valence-electron chi connectivity index (χ2n) is 6.70. The standard InChI is InChI=1S/C23H20N2O2/c1-2-4-17(5-3-1)20-10-11-24-21-16-22(27-23(20)21)18-6-8-19(9-7-18)25-12-14-26-15-13-25/h1-11,16H,12-15H2. The Morgan fingerprint density at radius 1 is 0.815 bits per heavy atom. The van der Waals surface area contributed by atoms with Crippen LogP contribution in [-0.4, -0.2) is 31.3 Å². The normalized spacial score (nSPS) is 14.6. The van der Waals surface area contributed by atoms with E-state index < -0.39 is 0 Å². The van der Waals surface area contributed by atoms with Gasteiger partial charge in [0.2, 0.25) is 0 Å². The van der Waals surface area contributed by atoms with Crippen LogP contribution >= 0.6 is 0 Å². The first kappa shape index (κ1) is 16.1.